The van der Waals surface area contributed by atoms with E-state index in [1.807, 2.05) is 60.7 Å². The number of carbonyl (C=O) groups is 1. The molecule has 0 N–H and O–H groups in total. The Labute approximate surface area is 135 Å². The molecular formula is C20H16N2O. The lowest BCUT2D eigenvalue weighted by molar-refractivity contribution is 0.0972. The number of hydrogen-bond acceptors (Lipinski definition) is 3. The highest BCUT2D eigenvalue weighted by Crippen LogP contribution is 2.36. The molecule has 0 saturated heterocycles. The molecular weight excluding hydrogens is 284 g/mol. The summed E-state index contributed by atoms with van der Waals surface area (Å²) < 4.78 is 0. The quantitative estimate of drug-likeness (QED) is 0.707. The van der Waals surface area contributed by atoms with Crippen molar-refractivity contribution in [3.63, 3.8) is 0 Å². The van der Waals surface area contributed by atoms with E-state index >= 15 is 0 Å². The number of nitrogens with zero attached hydrogens (tertiary/aromatic N) is 2. The van der Waals surface area contributed by atoms with E-state index in [1.54, 1.807) is 0 Å². The van der Waals surface area contributed by atoms with Gasteiger partial charge in [0.1, 0.15) is 5.69 Å². The first-order chi connectivity index (χ1) is 11.3. The number of fused-ring (bicyclic) bond motifs is 1. The van der Waals surface area contributed by atoms with Crippen LogP contribution in [0.2, 0.25) is 0 Å². The molecule has 3 nitrogen and oxygen atoms in total. The predicted octanol–water partition coefficient (Wildman–Crippen LogP) is 4.33. The van der Waals surface area contributed by atoms with Crippen molar-refractivity contribution in [2.45, 2.75) is 19.3 Å². The molecule has 0 unspecified atom stereocenters. The Morgan fingerprint density at radius 1 is 0.696 bits per heavy atom. The van der Waals surface area contributed by atoms with Gasteiger partial charge in [0.2, 0.25) is 0 Å². The summed E-state index contributed by atoms with van der Waals surface area (Å²) in [7, 11) is 0. The van der Waals surface area contributed by atoms with Gasteiger partial charge in [-0.3, -0.25) is 4.79 Å². The zero-order valence-corrected chi connectivity index (χ0v) is 12.7. The molecule has 1 aliphatic carbocycles. The topological polar surface area (TPSA) is 42.9 Å². The lowest BCUT2D eigenvalue weighted by Crippen LogP contribution is -2.16. The minimum Gasteiger partial charge on any atom is -0.294 e. The molecule has 0 bridgehead atoms. The van der Waals surface area contributed by atoms with Crippen molar-refractivity contribution in [1.82, 2.24) is 10.2 Å². The summed E-state index contributed by atoms with van der Waals surface area (Å²) in [5, 5.41) is 8.83. The van der Waals surface area contributed by atoms with E-state index in [0.29, 0.717) is 6.42 Å². The number of carbonyl (C=O) groups excluding carboxylic acids is 1. The maximum absolute atomic E-state index is 12.6. The van der Waals surface area contributed by atoms with Crippen molar-refractivity contribution in [1.29, 1.82) is 0 Å². The third-order valence-corrected chi connectivity index (χ3v) is 4.25. The summed E-state index contributed by atoms with van der Waals surface area (Å²) >= 11 is 0. The summed E-state index contributed by atoms with van der Waals surface area (Å²) in [6, 6.07) is 20.0. The molecule has 2 aromatic carbocycles. The fourth-order valence-electron chi connectivity index (χ4n) is 3.17. The summed E-state index contributed by atoms with van der Waals surface area (Å²) in [5.41, 5.74) is 5.31. The van der Waals surface area contributed by atoms with E-state index in [9.17, 15) is 4.79 Å². The highest BCUT2D eigenvalue weighted by molar-refractivity contribution is 6.06. The Kier molecular flexibility index (Phi) is 3.46. The van der Waals surface area contributed by atoms with Crippen molar-refractivity contribution >= 4 is 5.78 Å². The van der Waals surface area contributed by atoms with E-state index in [4.69, 9.17) is 0 Å². The summed E-state index contributed by atoms with van der Waals surface area (Å²) in [6.07, 6.45) is 2.27. The first-order valence-electron chi connectivity index (χ1n) is 7.88. The molecule has 4 rings (SSSR count). The molecule has 0 atom stereocenters. The van der Waals surface area contributed by atoms with Crippen LogP contribution in [0.3, 0.4) is 0 Å². The van der Waals surface area contributed by atoms with Gasteiger partial charge < -0.3 is 0 Å². The van der Waals surface area contributed by atoms with Gasteiger partial charge in [-0.25, -0.2) is 0 Å². The van der Waals surface area contributed by atoms with Crippen LogP contribution in [0, 0.1) is 0 Å². The minimum absolute atomic E-state index is 0.178. The molecule has 3 aromatic rings. The van der Waals surface area contributed by atoms with Crippen LogP contribution in [0.1, 0.15) is 28.9 Å². The highest BCUT2D eigenvalue weighted by atomic mass is 16.1. The number of aryl methyl sites for hydroxylation is 1. The number of aromatic nitrogens is 2. The Morgan fingerprint density at radius 3 is 2.04 bits per heavy atom. The Balaban J connectivity index is 2.04. The summed E-state index contributed by atoms with van der Waals surface area (Å²) in [5.74, 6) is 0.178. The number of benzene rings is 2. The van der Waals surface area contributed by atoms with Crippen LogP contribution in [0.5, 0.6) is 0 Å². The number of ketones is 1. The fraction of sp³-hybridized carbons (Fsp3) is 0.150. The predicted molar refractivity (Wildman–Crippen MR) is 90.2 cm³/mol. The molecule has 0 saturated carbocycles. The largest absolute Gasteiger partial charge is 0.294 e. The number of Topliss-reactive ketones (excluding diaryl/α,β-unsaturated/α-hetero) is 1. The van der Waals surface area contributed by atoms with Crippen molar-refractivity contribution < 1.29 is 4.79 Å². The van der Waals surface area contributed by atoms with Gasteiger partial charge in [0, 0.05) is 17.5 Å². The molecule has 1 aliphatic rings. The maximum atomic E-state index is 12.6. The van der Waals surface area contributed by atoms with Gasteiger partial charge in [-0.15, -0.1) is 5.10 Å². The van der Waals surface area contributed by atoms with Crippen LogP contribution in [-0.4, -0.2) is 16.0 Å². The van der Waals surface area contributed by atoms with Gasteiger partial charge in [0.15, 0.2) is 5.78 Å². The Hall–Kier alpha value is -2.81. The Morgan fingerprint density at radius 2 is 1.35 bits per heavy atom. The smallest absolute Gasteiger partial charge is 0.165 e. The van der Waals surface area contributed by atoms with Crippen molar-refractivity contribution in [2.24, 2.45) is 0 Å². The lowest BCUT2D eigenvalue weighted by Gasteiger charge is -2.19. The molecule has 0 amide bonds. The van der Waals surface area contributed by atoms with E-state index < -0.39 is 0 Å². The number of rotatable bonds is 2. The van der Waals surface area contributed by atoms with Crippen LogP contribution in [0.4, 0.5) is 0 Å². The van der Waals surface area contributed by atoms with E-state index in [2.05, 4.69) is 10.2 Å². The van der Waals surface area contributed by atoms with Crippen LogP contribution < -0.4 is 0 Å². The van der Waals surface area contributed by atoms with Crippen LogP contribution in [0.25, 0.3) is 22.4 Å². The van der Waals surface area contributed by atoms with Gasteiger partial charge in [-0.1, -0.05) is 60.7 Å². The first kappa shape index (κ1) is 13.8. The average molecular weight is 300 g/mol. The molecule has 3 heteroatoms. The van der Waals surface area contributed by atoms with Gasteiger partial charge in [-0.05, 0) is 18.4 Å². The molecule has 1 aromatic heterocycles. The molecule has 1 heterocycles. The first-order valence-corrected chi connectivity index (χ1v) is 7.88. The fourth-order valence-corrected chi connectivity index (χ4v) is 3.17. The normalized spacial score (nSPS) is 13.7. The van der Waals surface area contributed by atoms with Crippen LogP contribution in [-0.2, 0) is 6.42 Å². The number of hydrogen-bond donors (Lipinski definition) is 0. The molecule has 0 fully saturated rings. The molecule has 23 heavy (non-hydrogen) atoms. The van der Waals surface area contributed by atoms with Crippen LogP contribution in [0.15, 0.2) is 60.7 Å². The zero-order chi connectivity index (χ0) is 15.6. The van der Waals surface area contributed by atoms with Crippen molar-refractivity contribution in [2.75, 3.05) is 0 Å². The molecule has 0 radical (unpaired) electrons. The highest BCUT2D eigenvalue weighted by Gasteiger charge is 2.26. The molecule has 112 valence electrons. The van der Waals surface area contributed by atoms with Gasteiger partial charge >= 0.3 is 0 Å². The van der Waals surface area contributed by atoms with E-state index in [-0.39, 0.29) is 5.78 Å². The lowest BCUT2D eigenvalue weighted by atomic mass is 9.86. The Bertz CT molecular complexity index is 858. The SMILES string of the molecule is O=C1CCCc2nnc(-c3ccccc3)c(-c3ccccc3)c21. The van der Waals surface area contributed by atoms with Crippen molar-refractivity contribution in [3.8, 4) is 22.4 Å². The molecule has 0 aliphatic heterocycles. The van der Waals surface area contributed by atoms with E-state index in [1.165, 1.54) is 0 Å². The maximum Gasteiger partial charge on any atom is 0.165 e. The van der Waals surface area contributed by atoms with Crippen LogP contribution >= 0.6 is 0 Å². The van der Waals surface area contributed by atoms with Gasteiger partial charge in [0.05, 0.1) is 11.3 Å². The second-order valence-corrected chi connectivity index (χ2v) is 5.75. The second kappa shape index (κ2) is 5.76. The second-order valence-electron chi connectivity index (χ2n) is 5.75. The summed E-state index contributed by atoms with van der Waals surface area (Å²) in [6.45, 7) is 0. The van der Waals surface area contributed by atoms with Gasteiger partial charge in [-0.2, -0.15) is 5.10 Å². The molecule has 0 spiro atoms. The average Bonchev–Trinajstić information content (AvgIpc) is 2.62. The van der Waals surface area contributed by atoms with E-state index in [0.717, 1.165) is 46.5 Å². The zero-order valence-electron chi connectivity index (χ0n) is 12.7. The monoisotopic (exact) mass is 300 g/mol. The van der Waals surface area contributed by atoms with Gasteiger partial charge in [0.25, 0.3) is 0 Å². The standard InChI is InChI=1S/C20H16N2O/c23-17-13-7-12-16-19(17)18(14-8-3-1-4-9-14)20(22-21-16)15-10-5-2-6-11-15/h1-6,8-11H,7,12-13H2. The summed E-state index contributed by atoms with van der Waals surface area (Å²) in [4.78, 5) is 12.6. The van der Waals surface area contributed by atoms with Crippen molar-refractivity contribution in [3.05, 3.63) is 71.9 Å². The third-order valence-electron chi connectivity index (χ3n) is 4.25. The minimum atomic E-state index is 0.178. The third kappa shape index (κ3) is 2.44.